The SMILES string of the molecule is Nc1c([N+](=O)[O-])ccc2c(N3CCC(C(=O)[O-])CC3)nnc(Cc3ccc4c(c3)OCO4)c12.[K+]. The summed E-state index contributed by atoms with van der Waals surface area (Å²) in [4.78, 5) is 24.1. The van der Waals surface area contributed by atoms with Gasteiger partial charge in [-0.05, 0) is 36.6 Å². The maximum atomic E-state index is 11.5. The van der Waals surface area contributed by atoms with E-state index in [0.29, 0.717) is 66.1 Å². The number of carbonyl (C=O) groups excluding carboxylic acids is 1. The van der Waals surface area contributed by atoms with Gasteiger partial charge in [0, 0.05) is 48.2 Å². The summed E-state index contributed by atoms with van der Waals surface area (Å²) in [5.74, 6) is 0.246. The van der Waals surface area contributed by atoms with Gasteiger partial charge in [-0.25, -0.2) is 0 Å². The predicted octanol–water partition coefficient (Wildman–Crippen LogP) is -1.59. The number of rotatable bonds is 5. The molecule has 1 fully saturated rings. The molecule has 2 aliphatic heterocycles. The van der Waals surface area contributed by atoms with Crippen molar-refractivity contribution in [1.82, 2.24) is 10.2 Å². The predicted molar refractivity (Wildman–Crippen MR) is 116 cm³/mol. The smallest absolute Gasteiger partial charge is 0.550 e. The van der Waals surface area contributed by atoms with Gasteiger partial charge in [0.25, 0.3) is 5.69 Å². The van der Waals surface area contributed by atoms with Crippen LogP contribution in [0.4, 0.5) is 17.2 Å². The molecule has 0 saturated carbocycles. The number of hydrogen-bond acceptors (Lipinski definition) is 10. The quantitative estimate of drug-likeness (QED) is 0.192. The summed E-state index contributed by atoms with van der Waals surface area (Å²) in [6.45, 7) is 1.08. The maximum absolute atomic E-state index is 11.5. The number of hydrogen-bond donors (Lipinski definition) is 1. The molecule has 5 rings (SSSR count). The Morgan fingerprint density at radius 1 is 1.15 bits per heavy atom. The van der Waals surface area contributed by atoms with Gasteiger partial charge in [0.05, 0.1) is 10.6 Å². The molecule has 0 atom stereocenters. The number of carboxylic acid groups (broad SMARTS) is 1. The first-order valence-corrected chi connectivity index (χ1v) is 10.5. The van der Waals surface area contributed by atoms with Crippen LogP contribution >= 0.6 is 0 Å². The van der Waals surface area contributed by atoms with Crippen molar-refractivity contribution in [3.8, 4) is 11.5 Å². The van der Waals surface area contributed by atoms with E-state index in [1.54, 1.807) is 12.1 Å². The third-order valence-corrected chi connectivity index (χ3v) is 6.15. The van der Waals surface area contributed by atoms with Crippen molar-refractivity contribution >= 4 is 33.9 Å². The van der Waals surface area contributed by atoms with Crippen molar-refractivity contribution in [3.63, 3.8) is 0 Å². The van der Waals surface area contributed by atoms with Gasteiger partial charge in [-0.2, -0.15) is 5.10 Å². The van der Waals surface area contributed by atoms with Crippen molar-refractivity contribution in [3.05, 3.63) is 51.7 Å². The van der Waals surface area contributed by atoms with Gasteiger partial charge in [0.15, 0.2) is 17.3 Å². The molecule has 0 unspecified atom stereocenters. The second kappa shape index (κ2) is 10.00. The van der Waals surface area contributed by atoms with Crippen molar-refractivity contribution in [2.24, 2.45) is 5.92 Å². The molecule has 1 saturated heterocycles. The number of nitrogen functional groups attached to an aromatic ring is 1. The Morgan fingerprint density at radius 3 is 2.59 bits per heavy atom. The van der Waals surface area contributed by atoms with E-state index >= 15 is 0 Å². The minimum Gasteiger partial charge on any atom is -0.550 e. The van der Waals surface area contributed by atoms with Gasteiger partial charge in [-0.15, -0.1) is 5.10 Å². The van der Waals surface area contributed by atoms with Crippen LogP contribution < -0.4 is 76.6 Å². The summed E-state index contributed by atoms with van der Waals surface area (Å²) in [5, 5.41) is 32.6. The van der Waals surface area contributed by atoms with E-state index in [-0.39, 0.29) is 69.6 Å². The van der Waals surface area contributed by atoms with Crippen LogP contribution in [-0.2, 0) is 11.2 Å². The topological polar surface area (TPSA) is 157 Å². The summed E-state index contributed by atoms with van der Waals surface area (Å²) >= 11 is 0. The molecule has 1 aromatic heterocycles. The van der Waals surface area contributed by atoms with Crippen LogP contribution in [0.3, 0.4) is 0 Å². The normalized spacial score (nSPS) is 15.2. The number of anilines is 2. The molecule has 0 radical (unpaired) electrons. The monoisotopic (exact) mass is 489 g/mol. The van der Waals surface area contributed by atoms with Gasteiger partial charge in [0.2, 0.25) is 6.79 Å². The fourth-order valence-electron chi connectivity index (χ4n) is 4.41. The number of nitro benzene ring substituents is 1. The van der Waals surface area contributed by atoms with Crippen LogP contribution in [0.25, 0.3) is 10.8 Å². The number of ether oxygens (including phenoxy) is 2. The number of aromatic nitrogens is 2. The molecule has 170 valence electrons. The summed E-state index contributed by atoms with van der Waals surface area (Å²) in [7, 11) is 0. The Labute approximate surface area is 236 Å². The number of nitrogens with zero attached hydrogens (tertiary/aromatic N) is 4. The Balaban J connectivity index is 0.00000274. The maximum Gasteiger partial charge on any atom is 1.00 e. The van der Waals surface area contributed by atoms with Gasteiger partial charge in [-0.3, -0.25) is 10.1 Å². The van der Waals surface area contributed by atoms with Crippen LogP contribution in [0.5, 0.6) is 11.5 Å². The van der Waals surface area contributed by atoms with Crippen molar-refractivity contribution in [1.29, 1.82) is 0 Å². The van der Waals surface area contributed by atoms with Crippen molar-refractivity contribution in [2.45, 2.75) is 19.3 Å². The number of nitro groups is 1. The van der Waals surface area contributed by atoms with E-state index in [9.17, 15) is 20.0 Å². The average Bonchev–Trinajstić information content (AvgIpc) is 3.27. The second-order valence-corrected chi connectivity index (χ2v) is 8.09. The summed E-state index contributed by atoms with van der Waals surface area (Å²) in [6.07, 6.45) is 1.18. The Morgan fingerprint density at radius 2 is 1.88 bits per heavy atom. The molecular weight excluding hydrogens is 469 g/mol. The fraction of sp³-hybridized carbons (Fsp3) is 0.318. The summed E-state index contributed by atoms with van der Waals surface area (Å²) in [6, 6.07) is 8.49. The molecule has 0 aliphatic carbocycles. The van der Waals surface area contributed by atoms with E-state index in [2.05, 4.69) is 10.2 Å². The molecule has 0 spiro atoms. The molecule has 11 nitrogen and oxygen atoms in total. The van der Waals surface area contributed by atoms with E-state index < -0.39 is 16.8 Å². The minimum atomic E-state index is -1.05. The summed E-state index contributed by atoms with van der Waals surface area (Å²) < 4.78 is 10.8. The van der Waals surface area contributed by atoms with Gasteiger partial charge in [-0.1, -0.05) is 6.07 Å². The standard InChI is InChI=1S/C22H21N5O6.K/c23-20-16(27(30)31)3-2-14-19(20)15(9-12-1-4-17-18(10-12)33-11-32-17)24-25-21(14)26-7-5-13(6-8-26)22(28)29;/h1-4,10,13H,5-9,11,23H2,(H,28,29);/q;+1/p-1. The molecule has 34 heavy (non-hydrogen) atoms. The third-order valence-electron chi connectivity index (χ3n) is 6.15. The average molecular weight is 490 g/mol. The van der Waals surface area contributed by atoms with Gasteiger partial charge in [0.1, 0.15) is 5.69 Å². The number of piperidine rings is 1. The largest absolute Gasteiger partial charge is 1.00 e. The molecule has 3 aromatic rings. The number of aliphatic carboxylic acids is 1. The number of benzene rings is 2. The third kappa shape index (κ3) is 4.55. The minimum absolute atomic E-state index is 0. The molecule has 2 aliphatic rings. The van der Waals surface area contributed by atoms with E-state index in [1.807, 2.05) is 17.0 Å². The zero-order valence-corrected chi connectivity index (χ0v) is 21.6. The number of carboxylic acids is 1. The van der Waals surface area contributed by atoms with Crippen LogP contribution in [0.1, 0.15) is 24.1 Å². The molecule has 2 aromatic carbocycles. The van der Waals surface area contributed by atoms with E-state index in [0.717, 1.165) is 5.56 Å². The van der Waals surface area contributed by atoms with Crippen LogP contribution in [0.2, 0.25) is 0 Å². The van der Waals surface area contributed by atoms with Crippen molar-refractivity contribution < 1.29 is 75.7 Å². The second-order valence-electron chi connectivity index (χ2n) is 8.09. The Bertz CT molecular complexity index is 1280. The number of fused-ring (bicyclic) bond motifs is 2. The van der Waals surface area contributed by atoms with Crippen molar-refractivity contribution in [2.75, 3.05) is 30.5 Å². The first-order chi connectivity index (χ1) is 15.9. The Hall–Kier alpha value is -2.51. The summed E-state index contributed by atoms with van der Waals surface area (Å²) in [5.41, 5.74) is 7.45. The van der Waals surface area contributed by atoms with E-state index in [1.165, 1.54) is 6.07 Å². The first-order valence-electron chi connectivity index (χ1n) is 10.5. The van der Waals surface area contributed by atoms with Crippen LogP contribution in [0, 0.1) is 16.0 Å². The molecular formula is C22H20KN5O6. The fourth-order valence-corrected chi connectivity index (χ4v) is 4.41. The number of nitrogens with two attached hydrogens (primary N) is 1. The molecule has 0 amide bonds. The van der Waals surface area contributed by atoms with Gasteiger partial charge < -0.3 is 30.0 Å². The van der Waals surface area contributed by atoms with Gasteiger partial charge >= 0.3 is 51.4 Å². The first kappa shape index (κ1) is 24.6. The zero-order chi connectivity index (χ0) is 23.1. The van der Waals surface area contributed by atoms with Crippen LogP contribution in [0.15, 0.2) is 30.3 Å². The molecule has 0 bridgehead atoms. The zero-order valence-electron chi connectivity index (χ0n) is 18.5. The van der Waals surface area contributed by atoms with E-state index in [4.69, 9.17) is 15.2 Å². The number of carbonyl (C=O) groups is 1. The van der Waals surface area contributed by atoms with Crippen LogP contribution in [-0.4, -0.2) is 41.0 Å². The Kier molecular flexibility index (Phi) is 7.24. The molecule has 2 N–H and O–H groups in total. The molecule has 12 heteroatoms. The molecule has 3 heterocycles.